The Hall–Kier alpha value is -1.50. The average Bonchev–Trinajstić information content (AvgIpc) is 3.08. The van der Waals surface area contributed by atoms with Gasteiger partial charge in [-0.05, 0) is 37.1 Å². The van der Waals surface area contributed by atoms with E-state index in [0.29, 0.717) is 29.8 Å². The zero-order chi connectivity index (χ0) is 14.4. The molecule has 0 saturated carbocycles. The molecular weight excluding hydrogens is 286 g/mol. The lowest BCUT2D eigenvalue weighted by Gasteiger charge is -2.18. The van der Waals surface area contributed by atoms with Crippen LogP contribution in [0, 0.1) is 11.8 Å². The van der Waals surface area contributed by atoms with Crippen LogP contribution in [0.4, 0.5) is 0 Å². The highest BCUT2D eigenvalue weighted by molar-refractivity contribution is 7.89. The average molecular weight is 303 g/mol. The van der Waals surface area contributed by atoms with Gasteiger partial charge in [0.1, 0.15) is 0 Å². The summed E-state index contributed by atoms with van der Waals surface area (Å²) >= 11 is 0. The molecule has 2 aromatic rings. The van der Waals surface area contributed by atoms with Crippen molar-refractivity contribution in [3.63, 3.8) is 0 Å². The van der Waals surface area contributed by atoms with E-state index in [2.05, 4.69) is 10.3 Å². The number of nitrogens with zero attached hydrogens (tertiary/aromatic N) is 2. The Bertz CT molecular complexity index is 773. The number of hydrogen-bond acceptors (Lipinski definition) is 4. The summed E-state index contributed by atoms with van der Waals surface area (Å²) in [7, 11) is -3.43. The molecule has 5 nitrogen and oxygen atoms in total. The number of benzene rings is 1. The number of aromatic nitrogens is 1. The summed E-state index contributed by atoms with van der Waals surface area (Å²) in [5.41, 5.74) is 0. The summed E-state index contributed by atoms with van der Waals surface area (Å²) in [5, 5.41) is 4.95. The van der Waals surface area contributed by atoms with Crippen LogP contribution in [-0.4, -0.2) is 43.9 Å². The minimum absolute atomic E-state index is 0.398. The van der Waals surface area contributed by atoms with Gasteiger partial charge in [0.25, 0.3) is 0 Å². The molecule has 1 N–H and O–H groups in total. The lowest BCUT2D eigenvalue weighted by Crippen LogP contribution is -2.32. The van der Waals surface area contributed by atoms with Gasteiger partial charge in [0.05, 0.1) is 4.90 Å². The van der Waals surface area contributed by atoms with Crippen LogP contribution in [-0.2, 0) is 10.0 Å². The Labute approximate surface area is 124 Å². The maximum atomic E-state index is 13.0. The molecule has 110 valence electrons. The van der Waals surface area contributed by atoms with E-state index in [4.69, 9.17) is 0 Å². The maximum Gasteiger partial charge on any atom is 0.243 e. The number of hydrogen-bond donors (Lipinski definition) is 1. The van der Waals surface area contributed by atoms with Gasteiger partial charge in [0.15, 0.2) is 0 Å². The first-order valence-electron chi connectivity index (χ1n) is 7.20. The Kier molecular flexibility index (Phi) is 2.99. The molecule has 0 aliphatic carbocycles. The van der Waals surface area contributed by atoms with Gasteiger partial charge in [-0.25, -0.2) is 8.42 Å². The van der Waals surface area contributed by atoms with Crippen LogP contribution in [0.15, 0.2) is 41.6 Å². The van der Waals surface area contributed by atoms with E-state index in [-0.39, 0.29) is 0 Å². The van der Waals surface area contributed by atoms with E-state index in [1.54, 1.807) is 34.9 Å². The van der Waals surface area contributed by atoms with Crippen LogP contribution in [0.25, 0.3) is 10.8 Å². The first-order valence-corrected chi connectivity index (χ1v) is 8.64. The molecule has 1 aromatic heterocycles. The first kappa shape index (κ1) is 13.2. The van der Waals surface area contributed by atoms with Crippen molar-refractivity contribution in [3.8, 4) is 0 Å². The molecule has 2 fully saturated rings. The van der Waals surface area contributed by atoms with Gasteiger partial charge in [0.2, 0.25) is 10.0 Å². The SMILES string of the molecule is O=S(=O)(c1cccc2cnccc12)N1CC2CNCC2C1. The van der Waals surface area contributed by atoms with Gasteiger partial charge >= 0.3 is 0 Å². The smallest absolute Gasteiger partial charge is 0.243 e. The monoisotopic (exact) mass is 303 g/mol. The highest BCUT2D eigenvalue weighted by atomic mass is 32.2. The lowest BCUT2D eigenvalue weighted by atomic mass is 10.0. The summed E-state index contributed by atoms with van der Waals surface area (Å²) in [5.74, 6) is 0.910. The Morgan fingerprint density at radius 1 is 1.14 bits per heavy atom. The van der Waals surface area contributed by atoms with Crippen molar-refractivity contribution >= 4 is 20.8 Å². The highest BCUT2D eigenvalue weighted by Crippen LogP contribution is 2.32. The Balaban J connectivity index is 1.77. The van der Waals surface area contributed by atoms with Gasteiger partial charge in [-0.3, -0.25) is 4.98 Å². The highest BCUT2D eigenvalue weighted by Gasteiger charge is 2.41. The van der Waals surface area contributed by atoms with E-state index in [1.807, 2.05) is 6.07 Å². The van der Waals surface area contributed by atoms with Crippen LogP contribution in [0.3, 0.4) is 0 Å². The third kappa shape index (κ3) is 2.06. The van der Waals surface area contributed by atoms with Crippen molar-refractivity contribution in [1.82, 2.24) is 14.6 Å². The summed E-state index contributed by atoms with van der Waals surface area (Å²) in [6.45, 7) is 3.11. The fraction of sp³-hybridized carbons (Fsp3) is 0.400. The second-order valence-electron chi connectivity index (χ2n) is 5.85. The second-order valence-corrected chi connectivity index (χ2v) is 7.76. The predicted molar refractivity (Wildman–Crippen MR) is 80.4 cm³/mol. The topological polar surface area (TPSA) is 62.3 Å². The van der Waals surface area contributed by atoms with Gasteiger partial charge in [-0.1, -0.05) is 12.1 Å². The lowest BCUT2D eigenvalue weighted by molar-refractivity contribution is 0.448. The van der Waals surface area contributed by atoms with Gasteiger partial charge in [-0.2, -0.15) is 4.31 Å². The fourth-order valence-corrected chi connectivity index (χ4v) is 5.23. The van der Waals surface area contributed by atoms with Crippen LogP contribution >= 0.6 is 0 Å². The molecule has 0 radical (unpaired) electrons. The maximum absolute atomic E-state index is 13.0. The van der Waals surface area contributed by atoms with Gasteiger partial charge < -0.3 is 5.32 Å². The molecule has 3 heterocycles. The van der Waals surface area contributed by atoms with Crippen molar-refractivity contribution in [3.05, 3.63) is 36.7 Å². The molecule has 2 aliphatic heterocycles. The summed E-state index contributed by atoms with van der Waals surface area (Å²) in [6, 6.07) is 7.16. The van der Waals surface area contributed by atoms with E-state index in [0.717, 1.165) is 23.9 Å². The third-order valence-electron chi connectivity index (χ3n) is 4.61. The van der Waals surface area contributed by atoms with E-state index in [9.17, 15) is 8.42 Å². The molecule has 0 bridgehead atoms. The van der Waals surface area contributed by atoms with Crippen molar-refractivity contribution in [1.29, 1.82) is 0 Å². The standard InChI is InChI=1S/C15H17N3O2S/c19-21(20,18-9-12-7-17-8-13(12)10-18)15-3-1-2-11-6-16-5-4-14(11)15/h1-6,12-13,17H,7-10H2. The van der Waals surface area contributed by atoms with E-state index >= 15 is 0 Å². The normalized spacial score (nSPS) is 26.3. The molecule has 6 heteroatoms. The molecule has 21 heavy (non-hydrogen) atoms. The number of pyridine rings is 1. The van der Waals surface area contributed by atoms with Gasteiger partial charge in [-0.15, -0.1) is 0 Å². The summed E-state index contributed by atoms with van der Waals surface area (Å²) < 4.78 is 27.6. The minimum atomic E-state index is -3.43. The van der Waals surface area contributed by atoms with Crippen LogP contribution in [0.2, 0.25) is 0 Å². The molecule has 2 unspecified atom stereocenters. The molecule has 0 spiro atoms. The van der Waals surface area contributed by atoms with Crippen LogP contribution in [0.1, 0.15) is 0 Å². The van der Waals surface area contributed by atoms with E-state index in [1.165, 1.54) is 0 Å². The molecule has 0 amide bonds. The number of nitrogens with one attached hydrogen (secondary N) is 1. The third-order valence-corrected chi connectivity index (χ3v) is 6.50. The zero-order valence-electron chi connectivity index (χ0n) is 11.6. The minimum Gasteiger partial charge on any atom is -0.316 e. The number of fused-ring (bicyclic) bond motifs is 2. The van der Waals surface area contributed by atoms with Crippen molar-refractivity contribution in [2.24, 2.45) is 11.8 Å². The van der Waals surface area contributed by atoms with Gasteiger partial charge in [0, 0.05) is 36.3 Å². The number of sulfonamides is 1. The largest absolute Gasteiger partial charge is 0.316 e. The van der Waals surface area contributed by atoms with E-state index < -0.39 is 10.0 Å². The second kappa shape index (κ2) is 4.76. The molecule has 2 saturated heterocycles. The molecule has 1 aromatic carbocycles. The number of rotatable bonds is 2. The summed E-state index contributed by atoms with van der Waals surface area (Å²) in [4.78, 5) is 4.46. The quantitative estimate of drug-likeness (QED) is 0.901. The molecular formula is C15H17N3O2S. The van der Waals surface area contributed by atoms with Crippen molar-refractivity contribution < 1.29 is 8.42 Å². The van der Waals surface area contributed by atoms with Crippen molar-refractivity contribution in [2.45, 2.75) is 4.90 Å². The molecule has 4 rings (SSSR count). The fourth-order valence-electron chi connectivity index (χ4n) is 3.47. The summed E-state index contributed by atoms with van der Waals surface area (Å²) in [6.07, 6.45) is 3.35. The van der Waals surface area contributed by atoms with Crippen LogP contribution < -0.4 is 5.32 Å². The Morgan fingerprint density at radius 3 is 2.67 bits per heavy atom. The Morgan fingerprint density at radius 2 is 1.90 bits per heavy atom. The zero-order valence-corrected chi connectivity index (χ0v) is 12.4. The predicted octanol–water partition coefficient (Wildman–Crippen LogP) is 1.07. The molecule has 2 aliphatic rings. The molecule has 2 atom stereocenters. The first-order chi connectivity index (χ1) is 10.2. The van der Waals surface area contributed by atoms with Crippen molar-refractivity contribution in [2.75, 3.05) is 26.2 Å². The van der Waals surface area contributed by atoms with Crippen LogP contribution in [0.5, 0.6) is 0 Å².